The Kier molecular flexibility index (Phi) is 8.87. The number of nitrogens with one attached hydrogen (secondary N) is 1. The molecule has 134 valence electrons. The van der Waals surface area contributed by atoms with Crippen LogP contribution < -0.4 is 10.1 Å². The van der Waals surface area contributed by atoms with E-state index in [0.717, 1.165) is 30.8 Å². The van der Waals surface area contributed by atoms with Crippen LogP contribution in [0.5, 0.6) is 5.75 Å². The predicted octanol–water partition coefficient (Wildman–Crippen LogP) is 3.41. The summed E-state index contributed by atoms with van der Waals surface area (Å²) >= 11 is 0. The maximum atomic E-state index is 12.4. The molecule has 1 aliphatic rings. The SMILES string of the molecule is CC(C)COc1ccccc1CN(C)C(=O)CC1=CCNCC1.Cl. The molecule has 1 amide bonds. The minimum absolute atomic E-state index is 0. The zero-order chi connectivity index (χ0) is 16.7. The summed E-state index contributed by atoms with van der Waals surface area (Å²) in [5, 5.41) is 3.27. The first-order valence-corrected chi connectivity index (χ1v) is 8.39. The van der Waals surface area contributed by atoms with Crippen LogP contribution in [0.1, 0.15) is 32.3 Å². The maximum absolute atomic E-state index is 12.4. The molecular formula is C19H29ClN2O2. The van der Waals surface area contributed by atoms with Gasteiger partial charge in [-0.15, -0.1) is 12.4 Å². The third-order valence-electron chi connectivity index (χ3n) is 3.91. The van der Waals surface area contributed by atoms with Crippen molar-refractivity contribution in [3.05, 3.63) is 41.5 Å². The number of hydrogen-bond donors (Lipinski definition) is 1. The minimum Gasteiger partial charge on any atom is -0.493 e. The lowest BCUT2D eigenvalue weighted by atomic mass is 10.1. The Labute approximate surface area is 151 Å². The van der Waals surface area contributed by atoms with E-state index in [2.05, 4.69) is 25.2 Å². The lowest BCUT2D eigenvalue weighted by Crippen LogP contribution is -2.28. The van der Waals surface area contributed by atoms with Crippen LogP contribution in [0.2, 0.25) is 0 Å². The number of carbonyl (C=O) groups is 1. The molecule has 0 atom stereocenters. The van der Waals surface area contributed by atoms with Crippen molar-refractivity contribution < 1.29 is 9.53 Å². The van der Waals surface area contributed by atoms with E-state index < -0.39 is 0 Å². The van der Waals surface area contributed by atoms with Crippen LogP contribution in [0.15, 0.2) is 35.9 Å². The highest BCUT2D eigenvalue weighted by molar-refractivity contribution is 5.85. The number of rotatable bonds is 7. The second-order valence-corrected chi connectivity index (χ2v) is 6.56. The van der Waals surface area contributed by atoms with Gasteiger partial charge in [0.15, 0.2) is 0 Å². The van der Waals surface area contributed by atoms with E-state index in [4.69, 9.17) is 4.74 Å². The maximum Gasteiger partial charge on any atom is 0.226 e. The number of ether oxygens (including phenoxy) is 1. The highest BCUT2D eigenvalue weighted by Crippen LogP contribution is 2.21. The third kappa shape index (κ3) is 6.54. The Balaban J connectivity index is 0.00000288. The van der Waals surface area contributed by atoms with Crippen LogP contribution >= 0.6 is 12.4 Å². The predicted molar refractivity (Wildman–Crippen MR) is 101 cm³/mol. The molecule has 1 aromatic rings. The van der Waals surface area contributed by atoms with Gasteiger partial charge in [0.1, 0.15) is 5.75 Å². The molecule has 5 heteroatoms. The summed E-state index contributed by atoms with van der Waals surface area (Å²) in [4.78, 5) is 14.2. The minimum atomic E-state index is 0. The van der Waals surface area contributed by atoms with E-state index in [0.29, 0.717) is 25.5 Å². The van der Waals surface area contributed by atoms with Crippen LogP contribution in [-0.4, -0.2) is 37.6 Å². The molecule has 0 aromatic heterocycles. The normalized spacial score (nSPS) is 13.9. The number of amides is 1. The molecule has 24 heavy (non-hydrogen) atoms. The topological polar surface area (TPSA) is 41.6 Å². The second kappa shape index (κ2) is 10.4. The van der Waals surface area contributed by atoms with E-state index in [1.165, 1.54) is 5.57 Å². The summed E-state index contributed by atoms with van der Waals surface area (Å²) in [5.41, 5.74) is 2.30. The van der Waals surface area contributed by atoms with Crippen LogP contribution in [0.3, 0.4) is 0 Å². The Morgan fingerprint density at radius 3 is 2.75 bits per heavy atom. The quantitative estimate of drug-likeness (QED) is 0.764. The van der Waals surface area contributed by atoms with Crippen molar-refractivity contribution in [2.45, 2.75) is 33.2 Å². The molecule has 1 aliphatic heterocycles. The molecule has 0 saturated carbocycles. The summed E-state index contributed by atoms with van der Waals surface area (Å²) in [5.74, 6) is 1.52. The van der Waals surface area contributed by atoms with Crippen molar-refractivity contribution >= 4 is 18.3 Å². The van der Waals surface area contributed by atoms with Gasteiger partial charge in [-0.1, -0.05) is 43.7 Å². The molecular weight excluding hydrogens is 324 g/mol. The number of benzene rings is 1. The number of hydrogen-bond acceptors (Lipinski definition) is 3. The van der Waals surface area contributed by atoms with Crippen molar-refractivity contribution in [3.8, 4) is 5.75 Å². The average Bonchev–Trinajstić information content (AvgIpc) is 2.54. The molecule has 2 rings (SSSR count). The van der Waals surface area contributed by atoms with E-state index in [9.17, 15) is 4.79 Å². The van der Waals surface area contributed by atoms with Crippen molar-refractivity contribution in [1.29, 1.82) is 0 Å². The van der Waals surface area contributed by atoms with Crippen molar-refractivity contribution in [2.75, 3.05) is 26.7 Å². The number of carbonyl (C=O) groups excluding carboxylic acids is 1. The highest BCUT2D eigenvalue weighted by atomic mass is 35.5. The molecule has 0 unspecified atom stereocenters. The zero-order valence-electron chi connectivity index (χ0n) is 14.9. The summed E-state index contributed by atoms with van der Waals surface area (Å²) in [6, 6.07) is 7.97. The molecule has 1 N–H and O–H groups in total. The molecule has 0 fully saturated rings. The molecule has 0 saturated heterocycles. The van der Waals surface area contributed by atoms with E-state index in [1.807, 2.05) is 31.3 Å². The Morgan fingerprint density at radius 2 is 2.08 bits per heavy atom. The molecule has 0 spiro atoms. The number of halogens is 1. The van der Waals surface area contributed by atoms with E-state index in [-0.39, 0.29) is 18.3 Å². The van der Waals surface area contributed by atoms with Crippen LogP contribution in [0.25, 0.3) is 0 Å². The Bertz CT molecular complexity index is 558. The molecule has 0 aliphatic carbocycles. The standard InChI is InChI=1S/C19H28N2O2.ClH/c1-15(2)14-23-18-7-5-4-6-17(18)13-21(3)19(22)12-16-8-10-20-11-9-16;/h4-8,15,20H,9-14H2,1-3H3;1H. The fourth-order valence-corrected chi connectivity index (χ4v) is 2.53. The van der Waals surface area contributed by atoms with Gasteiger partial charge in [-0.05, 0) is 24.9 Å². The summed E-state index contributed by atoms with van der Waals surface area (Å²) in [6.45, 7) is 7.37. The monoisotopic (exact) mass is 352 g/mol. The first-order valence-electron chi connectivity index (χ1n) is 8.39. The van der Waals surface area contributed by atoms with Crippen LogP contribution in [0.4, 0.5) is 0 Å². The Morgan fingerprint density at radius 1 is 1.33 bits per heavy atom. The smallest absolute Gasteiger partial charge is 0.226 e. The first kappa shape index (κ1) is 20.5. The van der Waals surface area contributed by atoms with Crippen molar-refractivity contribution in [2.24, 2.45) is 5.92 Å². The molecule has 0 radical (unpaired) electrons. The van der Waals surface area contributed by atoms with Crippen molar-refractivity contribution in [3.63, 3.8) is 0 Å². The molecule has 1 aromatic carbocycles. The van der Waals surface area contributed by atoms with Crippen molar-refractivity contribution in [1.82, 2.24) is 10.2 Å². The third-order valence-corrected chi connectivity index (χ3v) is 3.91. The van der Waals surface area contributed by atoms with Crippen LogP contribution in [0, 0.1) is 5.92 Å². The average molecular weight is 353 g/mol. The van der Waals surface area contributed by atoms with Gasteiger partial charge in [0, 0.05) is 32.1 Å². The molecule has 1 heterocycles. The summed E-state index contributed by atoms with van der Waals surface area (Å²) in [7, 11) is 1.86. The molecule has 0 bridgehead atoms. The van der Waals surface area contributed by atoms with Gasteiger partial charge in [-0.25, -0.2) is 0 Å². The lowest BCUT2D eigenvalue weighted by molar-refractivity contribution is -0.129. The summed E-state index contributed by atoms with van der Waals surface area (Å²) in [6.07, 6.45) is 3.62. The largest absolute Gasteiger partial charge is 0.493 e. The van der Waals surface area contributed by atoms with Gasteiger partial charge in [0.2, 0.25) is 5.91 Å². The Hall–Kier alpha value is -1.52. The number of nitrogens with zero attached hydrogens (tertiary/aromatic N) is 1. The van der Waals surface area contributed by atoms with E-state index >= 15 is 0 Å². The first-order chi connectivity index (χ1) is 11.1. The van der Waals surface area contributed by atoms with Gasteiger partial charge in [0.25, 0.3) is 0 Å². The van der Waals surface area contributed by atoms with Gasteiger partial charge >= 0.3 is 0 Å². The van der Waals surface area contributed by atoms with Gasteiger partial charge in [-0.3, -0.25) is 4.79 Å². The molecule has 4 nitrogen and oxygen atoms in total. The van der Waals surface area contributed by atoms with Gasteiger partial charge in [-0.2, -0.15) is 0 Å². The lowest BCUT2D eigenvalue weighted by Gasteiger charge is -2.21. The zero-order valence-corrected chi connectivity index (χ0v) is 15.7. The van der Waals surface area contributed by atoms with E-state index in [1.54, 1.807) is 4.90 Å². The van der Waals surface area contributed by atoms with Crippen LogP contribution in [-0.2, 0) is 11.3 Å². The fraction of sp³-hybridized carbons (Fsp3) is 0.526. The highest BCUT2D eigenvalue weighted by Gasteiger charge is 2.15. The van der Waals surface area contributed by atoms with Gasteiger partial charge < -0.3 is 15.0 Å². The second-order valence-electron chi connectivity index (χ2n) is 6.56. The van der Waals surface area contributed by atoms with Gasteiger partial charge in [0.05, 0.1) is 6.61 Å². The fourth-order valence-electron chi connectivity index (χ4n) is 2.53. The number of para-hydroxylation sites is 1. The summed E-state index contributed by atoms with van der Waals surface area (Å²) < 4.78 is 5.87.